The lowest BCUT2D eigenvalue weighted by atomic mass is 10.0. The van der Waals surface area contributed by atoms with Crippen molar-refractivity contribution in [3.63, 3.8) is 0 Å². The summed E-state index contributed by atoms with van der Waals surface area (Å²) < 4.78 is 5.66. The Balaban J connectivity index is 1.65. The van der Waals surface area contributed by atoms with Crippen LogP contribution in [0.15, 0.2) is 24.3 Å². The molecule has 1 aromatic rings. The lowest BCUT2D eigenvalue weighted by molar-refractivity contribution is 0.0439. The molecule has 1 heterocycles. The van der Waals surface area contributed by atoms with Gasteiger partial charge in [-0.25, -0.2) is 0 Å². The highest BCUT2D eigenvalue weighted by Crippen LogP contribution is 2.15. The van der Waals surface area contributed by atoms with Gasteiger partial charge in [0.25, 0.3) is 0 Å². The Labute approximate surface area is 96.6 Å². The molecule has 2 rings (SSSR count). The van der Waals surface area contributed by atoms with Gasteiger partial charge >= 0.3 is 0 Å². The van der Waals surface area contributed by atoms with Crippen molar-refractivity contribution in [3.8, 4) is 5.75 Å². The van der Waals surface area contributed by atoms with Gasteiger partial charge in [0.1, 0.15) is 12.4 Å². The van der Waals surface area contributed by atoms with E-state index < -0.39 is 0 Å². The molecule has 0 bridgehead atoms. The zero-order chi connectivity index (χ0) is 11.4. The first-order valence-electron chi connectivity index (χ1n) is 5.80. The maximum absolute atomic E-state index is 8.88. The predicted octanol–water partition coefficient (Wildman–Crippen LogP) is 1.30. The van der Waals surface area contributed by atoms with Gasteiger partial charge in [-0.05, 0) is 24.6 Å². The number of aliphatic hydroxyl groups is 1. The van der Waals surface area contributed by atoms with Crippen LogP contribution in [0, 0.1) is 12.8 Å². The summed E-state index contributed by atoms with van der Waals surface area (Å²) >= 11 is 0. The molecule has 1 aromatic carbocycles. The van der Waals surface area contributed by atoms with E-state index in [4.69, 9.17) is 9.84 Å². The summed E-state index contributed by atoms with van der Waals surface area (Å²) in [6.07, 6.45) is 0. The molecule has 1 fully saturated rings. The first-order valence-corrected chi connectivity index (χ1v) is 5.80. The maximum atomic E-state index is 8.88. The molecule has 16 heavy (non-hydrogen) atoms. The van der Waals surface area contributed by atoms with Crippen LogP contribution in [-0.2, 0) is 0 Å². The summed E-state index contributed by atoms with van der Waals surface area (Å²) in [5, 5.41) is 8.88. The van der Waals surface area contributed by atoms with Gasteiger partial charge < -0.3 is 9.84 Å². The number of ether oxygens (including phenoxy) is 1. The predicted molar refractivity (Wildman–Crippen MR) is 63.7 cm³/mol. The highest BCUT2D eigenvalue weighted by Gasteiger charge is 2.24. The minimum absolute atomic E-state index is 0.315. The molecule has 3 nitrogen and oxygen atoms in total. The second kappa shape index (κ2) is 5.32. The van der Waals surface area contributed by atoms with Crippen molar-refractivity contribution in [1.29, 1.82) is 0 Å². The van der Waals surface area contributed by atoms with Gasteiger partial charge in [0.2, 0.25) is 0 Å². The molecule has 3 heteroatoms. The molecule has 1 aliphatic rings. The normalized spacial score (nSPS) is 17.1. The third kappa shape index (κ3) is 2.97. The van der Waals surface area contributed by atoms with Crippen LogP contribution in [0.25, 0.3) is 0 Å². The molecular weight excluding hydrogens is 202 g/mol. The van der Waals surface area contributed by atoms with Crippen molar-refractivity contribution in [1.82, 2.24) is 4.90 Å². The molecule has 0 saturated carbocycles. The summed E-state index contributed by atoms with van der Waals surface area (Å²) in [6, 6.07) is 8.11. The number of aryl methyl sites for hydroxylation is 1. The van der Waals surface area contributed by atoms with E-state index in [0.717, 1.165) is 32.0 Å². The van der Waals surface area contributed by atoms with Crippen molar-refractivity contribution in [2.75, 3.05) is 32.8 Å². The fraction of sp³-hybridized carbons (Fsp3) is 0.538. The van der Waals surface area contributed by atoms with Gasteiger partial charge in [0, 0.05) is 32.2 Å². The first kappa shape index (κ1) is 11.4. The van der Waals surface area contributed by atoms with Crippen molar-refractivity contribution in [2.45, 2.75) is 6.92 Å². The lowest BCUT2D eigenvalue weighted by Gasteiger charge is -2.37. The molecule has 0 amide bonds. The Morgan fingerprint density at radius 2 is 2.25 bits per heavy atom. The molecule has 88 valence electrons. The molecule has 0 atom stereocenters. The van der Waals surface area contributed by atoms with Crippen LogP contribution in [-0.4, -0.2) is 42.9 Å². The molecule has 0 spiro atoms. The van der Waals surface area contributed by atoms with Gasteiger partial charge in [-0.15, -0.1) is 0 Å². The lowest BCUT2D eigenvalue weighted by Crippen LogP contribution is -2.49. The fourth-order valence-electron chi connectivity index (χ4n) is 1.97. The second-order valence-corrected chi connectivity index (χ2v) is 4.47. The van der Waals surface area contributed by atoms with Crippen LogP contribution >= 0.6 is 0 Å². The van der Waals surface area contributed by atoms with E-state index in [9.17, 15) is 0 Å². The third-order valence-electron chi connectivity index (χ3n) is 2.96. The SMILES string of the molecule is Cc1cccc(OCCN2CC(CO)C2)c1. The number of hydrogen-bond acceptors (Lipinski definition) is 3. The van der Waals surface area contributed by atoms with E-state index in [1.807, 2.05) is 18.2 Å². The quantitative estimate of drug-likeness (QED) is 0.813. The van der Waals surface area contributed by atoms with Crippen molar-refractivity contribution < 1.29 is 9.84 Å². The largest absolute Gasteiger partial charge is 0.492 e. The second-order valence-electron chi connectivity index (χ2n) is 4.47. The van der Waals surface area contributed by atoms with Crippen LogP contribution in [0.5, 0.6) is 5.75 Å². The molecule has 0 radical (unpaired) electrons. The standard InChI is InChI=1S/C13H19NO2/c1-11-3-2-4-13(7-11)16-6-5-14-8-12(9-14)10-15/h2-4,7,12,15H,5-6,8-10H2,1H3. The van der Waals surface area contributed by atoms with Crippen LogP contribution in [0.4, 0.5) is 0 Å². The molecule has 0 aliphatic carbocycles. The topological polar surface area (TPSA) is 32.7 Å². The van der Waals surface area contributed by atoms with Crippen molar-refractivity contribution in [3.05, 3.63) is 29.8 Å². The Morgan fingerprint density at radius 3 is 2.94 bits per heavy atom. The number of hydrogen-bond donors (Lipinski definition) is 1. The zero-order valence-electron chi connectivity index (χ0n) is 9.72. The highest BCUT2D eigenvalue weighted by atomic mass is 16.5. The van der Waals surface area contributed by atoms with Gasteiger partial charge in [-0.1, -0.05) is 12.1 Å². The Bertz CT molecular complexity index is 334. The van der Waals surface area contributed by atoms with E-state index in [1.165, 1.54) is 5.56 Å². The van der Waals surface area contributed by atoms with Gasteiger partial charge in [0.05, 0.1) is 0 Å². The summed E-state index contributed by atoms with van der Waals surface area (Å²) in [6.45, 7) is 6.07. The first-order chi connectivity index (χ1) is 7.78. The number of nitrogens with zero attached hydrogens (tertiary/aromatic N) is 1. The molecular formula is C13H19NO2. The zero-order valence-corrected chi connectivity index (χ0v) is 9.72. The minimum atomic E-state index is 0.315. The van der Waals surface area contributed by atoms with Crippen LogP contribution in [0.2, 0.25) is 0 Å². The van der Waals surface area contributed by atoms with Gasteiger partial charge in [-0.2, -0.15) is 0 Å². The van der Waals surface area contributed by atoms with Gasteiger partial charge in [-0.3, -0.25) is 4.90 Å². The van der Waals surface area contributed by atoms with Crippen molar-refractivity contribution in [2.24, 2.45) is 5.92 Å². The minimum Gasteiger partial charge on any atom is -0.492 e. The summed E-state index contributed by atoms with van der Waals surface area (Å²) in [4.78, 5) is 2.30. The number of rotatable bonds is 5. The molecule has 0 unspecified atom stereocenters. The van der Waals surface area contributed by atoms with Crippen LogP contribution < -0.4 is 4.74 Å². The van der Waals surface area contributed by atoms with Gasteiger partial charge in [0.15, 0.2) is 0 Å². The van der Waals surface area contributed by atoms with Crippen LogP contribution in [0.1, 0.15) is 5.56 Å². The number of aliphatic hydroxyl groups excluding tert-OH is 1. The highest BCUT2D eigenvalue weighted by molar-refractivity contribution is 5.27. The van der Waals surface area contributed by atoms with E-state index >= 15 is 0 Å². The molecule has 0 aromatic heterocycles. The maximum Gasteiger partial charge on any atom is 0.119 e. The number of benzene rings is 1. The van der Waals surface area contributed by atoms with Crippen LogP contribution in [0.3, 0.4) is 0 Å². The molecule has 1 N–H and O–H groups in total. The smallest absolute Gasteiger partial charge is 0.119 e. The molecule has 1 aliphatic heterocycles. The van der Waals surface area contributed by atoms with E-state index in [1.54, 1.807) is 0 Å². The monoisotopic (exact) mass is 221 g/mol. The summed E-state index contributed by atoms with van der Waals surface area (Å²) in [5.41, 5.74) is 1.22. The van der Waals surface area contributed by atoms with E-state index in [0.29, 0.717) is 12.5 Å². The average Bonchev–Trinajstić information content (AvgIpc) is 2.21. The average molecular weight is 221 g/mol. The van der Waals surface area contributed by atoms with Crippen molar-refractivity contribution >= 4 is 0 Å². The van der Waals surface area contributed by atoms with E-state index in [-0.39, 0.29) is 0 Å². The third-order valence-corrected chi connectivity index (χ3v) is 2.96. The molecule has 1 saturated heterocycles. The fourth-order valence-corrected chi connectivity index (χ4v) is 1.97. The van der Waals surface area contributed by atoms with E-state index in [2.05, 4.69) is 17.9 Å². The number of likely N-dealkylation sites (tertiary alicyclic amines) is 1. The summed E-state index contributed by atoms with van der Waals surface area (Å²) in [7, 11) is 0. The Hall–Kier alpha value is -1.06. The Morgan fingerprint density at radius 1 is 1.44 bits per heavy atom. The Kier molecular flexibility index (Phi) is 3.80. The summed E-state index contributed by atoms with van der Waals surface area (Å²) in [5.74, 6) is 1.43.